The molecule has 2 aliphatic rings. The van der Waals surface area contributed by atoms with E-state index in [0.29, 0.717) is 6.04 Å². The smallest absolute Gasteiger partial charge is 0.0294 e. The summed E-state index contributed by atoms with van der Waals surface area (Å²) >= 11 is 0. The van der Waals surface area contributed by atoms with Crippen LogP contribution in [0.3, 0.4) is 0 Å². The van der Waals surface area contributed by atoms with Crippen molar-refractivity contribution < 1.29 is 0 Å². The van der Waals surface area contributed by atoms with Crippen LogP contribution in [0.25, 0.3) is 0 Å². The molecule has 1 aliphatic heterocycles. The van der Waals surface area contributed by atoms with Crippen molar-refractivity contribution in [3.05, 3.63) is 34.9 Å². The lowest BCUT2D eigenvalue weighted by molar-refractivity contribution is 0.310. The molecule has 0 bridgehead atoms. The number of nitrogens with zero attached hydrogens (tertiary/aromatic N) is 1. The van der Waals surface area contributed by atoms with Crippen molar-refractivity contribution in [3.63, 3.8) is 0 Å². The van der Waals surface area contributed by atoms with Gasteiger partial charge in [0.1, 0.15) is 0 Å². The Morgan fingerprint density at radius 2 is 2.05 bits per heavy atom. The van der Waals surface area contributed by atoms with Gasteiger partial charge in [-0.25, -0.2) is 0 Å². The van der Waals surface area contributed by atoms with Crippen molar-refractivity contribution in [2.24, 2.45) is 5.92 Å². The maximum absolute atomic E-state index is 3.75. The van der Waals surface area contributed by atoms with Gasteiger partial charge in [-0.05, 0) is 70.2 Å². The summed E-state index contributed by atoms with van der Waals surface area (Å²) in [4.78, 5) is 2.70. The molecule has 2 nitrogen and oxygen atoms in total. The molecule has 2 atom stereocenters. The van der Waals surface area contributed by atoms with E-state index in [1.54, 1.807) is 0 Å². The molecule has 0 amide bonds. The molecule has 3 rings (SSSR count). The van der Waals surface area contributed by atoms with Crippen LogP contribution >= 0.6 is 0 Å². The maximum Gasteiger partial charge on any atom is 0.0294 e. The second-order valence-corrected chi connectivity index (χ2v) is 6.87. The quantitative estimate of drug-likeness (QED) is 0.883. The maximum atomic E-state index is 3.75. The number of benzene rings is 1. The zero-order valence-corrected chi connectivity index (χ0v) is 13.2. The minimum atomic E-state index is 0.463. The van der Waals surface area contributed by atoms with Gasteiger partial charge in [-0.3, -0.25) is 0 Å². The Morgan fingerprint density at radius 1 is 1.25 bits per heavy atom. The molecule has 1 heterocycles. The molecule has 2 unspecified atom stereocenters. The fraction of sp³-hybridized carbons (Fsp3) is 0.667. The molecular weight excluding hydrogens is 244 g/mol. The van der Waals surface area contributed by atoms with Crippen LogP contribution in [0.4, 0.5) is 0 Å². The van der Waals surface area contributed by atoms with Gasteiger partial charge in [0, 0.05) is 18.6 Å². The zero-order valence-electron chi connectivity index (χ0n) is 13.2. The summed E-state index contributed by atoms with van der Waals surface area (Å²) in [5, 5.41) is 3.75. The summed E-state index contributed by atoms with van der Waals surface area (Å²) in [6, 6.07) is 8.21. The third kappa shape index (κ3) is 3.24. The summed E-state index contributed by atoms with van der Waals surface area (Å²) in [5.74, 6) is 0.851. The Bertz CT molecular complexity index is 464. The highest BCUT2D eigenvalue weighted by atomic mass is 15.2. The average Bonchev–Trinajstić information content (AvgIpc) is 3.15. The number of nitrogens with one attached hydrogen (secondary N) is 1. The molecule has 0 aromatic heterocycles. The highest BCUT2D eigenvalue weighted by molar-refractivity contribution is 5.32. The normalized spacial score (nSPS) is 25.1. The fourth-order valence-electron chi connectivity index (χ4n) is 3.57. The van der Waals surface area contributed by atoms with E-state index in [2.05, 4.69) is 49.2 Å². The summed E-state index contributed by atoms with van der Waals surface area (Å²) < 4.78 is 0. The molecule has 2 fully saturated rings. The molecule has 110 valence electrons. The van der Waals surface area contributed by atoms with Gasteiger partial charge in [-0.2, -0.15) is 0 Å². The standard InChI is InChI=1S/C18H28N2/c1-13-4-7-18(14(2)10-13)15(3)19-11-16-8-9-20(12-16)17-5-6-17/h4,7,10,15-17,19H,5-6,8-9,11-12H2,1-3H3. The van der Waals surface area contributed by atoms with Gasteiger partial charge < -0.3 is 10.2 Å². The van der Waals surface area contributed by atoms with Gasteiger partial charge >= 0.3 is 0 Å². The van der Waals surface area contributed by atoms with Crippen molar-refractivity contribution in [1.29, 1.82) is 0 Å². The predicted molar refractivity (Wildman–Crippen MR) is 85.0 cm³/mol. The second-order valence-electron chi connectivity index (χ2n) is 6.87. The predicted octanol–water partition coefficient (Wildman–Crippen LogP) is 3.44. The summed E-state index contributed by atoms with van der Waals surface area (Å²) in [5.41, 5.74) is 4.22. The number of likely N-dealkylation sites (tertiary alicyclic amines) is 1. The molecule has 2 heteroatoms. The van der Waals surface area contributed by atoms with Gasteiger partial charge in [0.05, 0.1) is 0 Å². The van der Waals surface area contributed by atoms with E-state index in [9.17, 15) is 0 Å². The van der Waals surface area contributed by atoms with E-state index in [1.165, 1.54) is 49.0 Å². The van der Waals surface area contributed by atoms with Crippen LogP contribution in [0.5, 0.6) is 0 Å². The van der Waals surface area contributed by atoms with Gasteiger partial charge in [0.25, 0.3) is 0 Å². The first kappa shape index (κ1) is 14.1. The molecular formula is C18H28N2. The van der Waals surface area contributed by atoms with Gasteiger partial charge in [-0.15, -0.1) is 0 Å². The van der Waals surface area contributed by atoms with Crippen LogP contribution in [0.1, 0.15) is 48.9 Å². The molecule has 0 spiro atoms. The van der Waals surface area contributed by atoms with Crippen LogP contribution in [-0.2, 0) is 0 Å². The van der Waals surface area contributed by atoms with Crippen molar-refractivity contribution in [3.8, 4) is 0 Å². The highest BCUT2D eigenvalue weighted by Crippen LogP contribution is 2.31. The number of rotatable bonds is 5. The molecule has 1 aromatic carbocycles. The van der Waals surface area contributed by atoms with E-state index in [4.69, 9.17) is 0 Å². The summed E-state index contributed by atoms with van der Waals surface area (Å²) in [6.07, 6.45) is 4.27. The fourth-order valence-corrected chi connectivity index (χ4v) is 3.57. The number of aryl methyl sites for hydroxylation is 2. The monoisotopic (exact) mass is 272 g/mol. The lowest BCUT2D eigenvalue weighted by atomic mass is 9.99. The summed E-state index contributed by atoms with van der Waals surface area (Å²) in [7, 11) is 0. The molecule has 1 aromatic rings. The van der Waals surface area contributed by atoms with Gasteiger partial charge in [-0.1, -0.05) is 23.8 Å². The molecule has 0 radical (unpaired) electrons. The second kappa shape index (κ2) is 5.87. The van der Waals surface area contributed by atoms with Crippen LogP contribution in [0.2, 0.25) is 0 Å². The van der Waals surface area contributed by atoms with Crippen molar-refractivity contribution in [2.45, 2.75) is 52.1 Å². The molecule has 1 N–H and O–H groups in total. The number of hydrogen-bond acceptors (Lipinski definition) is 2. The Labute approximate surface area is 123 Å². The topological polar surface area (TPSA) is 15.3 Å². The molecule has 20 heavy (non-hydrogen) atoms. The Hall–Kier alpha value is -0.860. The van der Waals surface area contributed by atoms with Crippen LogP contribution < -0.4 is 5.32 Å². The highest BCUT2D eigenvalue weighted by Gasteiger charge is 2.34. The van der Waals surface area contributed by atoms with E-state index < -0.39 is 0 Å². The van der Waals surface area contributed by atoms with E-state index in [1.807, 2.05) is 0 Å². The first-order valence-electron chi connectivity index (χ1n) is 8.18. The van der Waals surface area contributed by atoms with Crippen molar-refractivity contribution in [1.82, 2.24) is 10.2 Å². The van der Waals surface area contributed by atoms with Gasteiger partial charge in [0.15, 0.2) is 0 Å². The van der Waals surface area contributed by atoms with Crippen molar-refractivity contribution >= 4 is 0 Å². The van der Waals surface area contributed by atoms with Crippen LogP contribution in [0, 0.1) is 19.8 Å². The Kier molecular flexibility index (Phi) is 4.13. The van der Waals surface area contributed by atoms with Crippen molar-refractivity contribution in [2.75, 3.05) is 19.6 Å². The van der Waals surface area contributed by atoms with Gasteiger partial charge in [0.2, 0.25) is 0 Å². The Balaban J connectivity index is 1.50. The lowest BCUT2D eigenvalue weighted by Gasteiger charge is -2.20. The third-order valence-electron chi connectivity index (χ3n) is 4.99. The minimum Gasteiger partial charge on any atom is -0.310 e. The average molecular weight is 272 g/mol. The largest absolute Gasteiger partial charge is 0.310 e. The molecule has 1 saturated carbocycles. The first-order valence-corrected chi connectivity index (χ1v) is 8.18. The SMILES string of the molecule is Cc1ccc(C(C)NCC2CCN(C3CC3)C2)c(C)c1. The van der Waals surface area contributed by atoms with E-state index in [0.717, 1.165) is 18.5 Å². The third-order valence-corrected chi connectivity index (χ3v) is 4.99. The first-order chi connectivity index (χ1) is 9.63. The van der Waals surface area contributed by atoms with Crippen LogP contribution in [0.15, 0.2) is 18.2 Å². The minimum absolute atomic E-state index is 0.463. The molecule has 1 aliphatic carbocycles. The number of hydrogen-bond donors (Lipinski definition) is 1. The Morgan fingerprint density at radius 3 is 2.75 bits per heavy atom. The lowest BCUT2D eigenvalue weighted by Crippen LogP contribution is -2.29. The van der Waals surface area contributed by atoms with E-state index >= 15 is 0 Å². The zero-order chi connectivity index (χ0) is 14.1. The van der Waals surface area contributed by atoms with E-state index in [-0.39, 0.29) is 0 Å². The van der Waals surface area contributed by atoms with Crippen LogP contribution in [-0.4, -0.2) is 30.6 Å². The summed E-state index contributed by atoms with van der Waals surface area (Å²) in [6.45, 7) is 10.5. The molecule has 1 saturated heterocycles.